The molecule has 21 heavy (non-hydrogen) atoms. The maximum absolute atomic E-state index is 5.74. The Bertz CT molecular complexity index is 790. The highest BCUT2D eigenvalue weighted by Crippen LogP contribution is 2.32. The summed E-state index contributed by atoms with van der Waals surface area (Å²) in [4.78, 5) is 8.53. The van der Waals surface area contributed by atoms with Crippen LogP contribution in [-0.2, 0) is 19.4 Å². The summed E-state index contributed by atoms with van der Waals surface area (Å²) < 4.78 is 2.23. The minimum Gasteiger partial charge on any atom is -0.368 e. The van der Waals surface area contributed by atoms with E-state index in [2.05, 4.69) is 51.2 Å². The van der Waals surface area contributed by atoms with E-state index < -0.39 is 0 Å². The normalized spacial score (nSPS) is 12.8. The lowest BCUT2D eigenvalue weighted by Crippen LogP contribution is -2.06. The van der Waals surface area contributed by atoms with Crippen LogP contribution in [0.3, 0.4) is 0 Å². The van der Waals surface area contributed by atoms with Gasteiger partial charge in [0.15, 0.2) is 0 Å². The largest absolute Gasteiger partial charge is 0.368 e. The van der Waals surface area contributed by atoms with E-state index in [0.717, 1.165) is 25.1 Å². The lowest BCUT2D eigenvalue weighted by molar-refractivity contribution is 0.801. The SMILES string of the molecule is Nc1ncc2c(n1)-c1cn(Cc3ccccc3)cc1CC2. The molecule has 0 aliphatic heterocycles. The number of anilines is 1. The average Bonchev–Trinajstić information content (AvgIpc) is 2.91. The standard InChI is InChI=1S/C17H16N4/c18-17-19-8-13-6-7-14-10-21(11-15(14)16(13)20-17)9-12-4-2-1-3-5-12/h1-5,8,10-11H,6-7,9H2,(H2,18,19,20). The van der Waals surface area contributed by atoms with Gasteiger partial charge in [0.1, 0.15) is 0 Å². The van der Waals surface area contributed by atoms with Crippen LogP contribution in [0.5, 0.6) is 0 Å². The second-order valence-corrected chi connectivity index (χ2v) is 5.46. The number of nitrogens with two attached hydrogens (primary N) is 1. The van der Waals surface area contributed by atoms with Crippen LogP contribution in [0.2, 0.25) is 0 Å². The van der Waals surface area contributed by atoms with Crippen molar-refractivity contribution in [3.63, 3.8) is 0 Å². The van der Waals surface area contributed by atoms with Crippen LogP contribution in [0.4, 0.5) is 5.95 Å². The minimum absolute atomic E-state index is 0.345. The number of nitrogen functional groups attached to an aromatic ring is 1. The highest BCUT2D eigenvalue weighted by atomic mass is 15.0. The summed E-state index contributed by atoms with van der Waals surface area (Å²) in [6.45, 7) is 0.879. The number of fused-ring (bicyclic) bond motifs is 3. The van der Waals surface area contributed by atoms with Crippen LogP contribution in [-0.4, -0.2) is 14.5 Å². The predicted octanol–water partition coefficient (Wildman–Crippen LogP) is 2.67. The van der Waals surface area contributed by atoms with Crippen LogP contribution in [0.15, 0.2) is 48.9 Å². The van der Waals surface area contributed by atoms with E-state index >= 15 is 0 Å². The zero-order valence-corrected chi connectivity index (χ0v) is 11.7. The summed E-state index contributed by atoms with van der Waals surface area (Å²) in [5.41, 5.74) is 11.8. The molecule has 1 aliphatic rings. The van der Waals surface area contributed by atoms with Crippen LogP contribution in [0, 0.1) is 0 Å². The molecule has 2 aromatic heterocycles. The molecule has 0 radical (unpaired) electrons. The van der Waals surface area contributed by atoms with Gasteiger partial charge in [-0.3, -0.25) is 0 Å². The number of rotatable bonds is 2. The van der Waals surface area contributed by atoms with E-state index in [4.69, 9.17) is 5.73 Å². The maximum Gasteiger partial charge on any atom is 0.220 e. The Morgan fingerprint density at radius 1 is 1.05 bits per heavy atom. The van der Waals surface area contributed by atoms with Gasteiger partial charge in [0, 0.05) is 30.7 Å². The Morgan fingerprint density at radius 2 is 1.86 bits per heavy atom. The Kier molecular flexibility index (Phi) is 2.74. The molecule has 1 aliphatic carbocycles. The van der Waals surface area contributed by atoms with Gasteiger partial charge in [0.2, 0.25) is 5.95 Å². The molecular formula is C17H16N4. The Hall–Kier alpha value is -2.62. The maximum atomic E-state index is 5.74. The molecular weight excluding hydrogens is 260 g/mol. The summed E-state index contributed by atoms with van der Waals surface area (Å²) in [6, 6.07) is 10.5. The highest BCUT2D eigenvalue weighted by Gasteiger charge is 2.20. The van der Waals surface area contributed by atoms with Gasteiger partial charge in [-0.2, -0.15) is 0 Å². The summed E-state index contributed by atoms with van der Waals surface area (Å²) in [5.74, 6) is 0.345. The van der Waals surface area contributed by atoms with Crippen LogP contribution < -0.4 is 5.73 Å². The van der Waals surface area contributed by atoms with Gasteiger partial charge in [-0.15, -0.1) is 0 Å². The number of nitrogens with zero attached hydrogens (tertiary/aromatic N) is 3. The van der Waals surface area contributed by atoms with Crippen molar-refractivity contribution in [1.29, 1.82) is 0 Å². The lowest BCUT2D eigenvalue weighted by Gasteiger charge is -2.14. The molecule has 0 atom stereocenters. The quantitative estimate of drug-likeness (QED) is 0.783. The van der Waals surface area contributed by atoms with Crippen LogP contribution >= 0.6 is 0 Å². The molecule has 0 spiro atoms. The van der Waals surface area contributed by atoms with Crippen molar-refractivity contribution in [2.24, 2.45) is 0 Å². The minimum atomic E-state index is 0.345. The molecule has 4 rings (SSSR count). The van der Waals surface area contributed by atoms with E-state index in [1.807, 2.05) is 12.3 Å². The fraction of sp³-hybridized carbons (Fsp3) is 0.176. The zero-order valence-electron chi connectivity index (χ0n) is 11.7. The Balaban J connectivity index is 1.73. The van der Waals surface area contributed by atoms with Gasteiger partial charge in [0.25, 0.3) is 0 Å². The molecule has 0 bridgehead atoms. The van der Waals surface area contributed by atoms with Crippen molar-refractivity contribution < 1.29 is 0 Å². The van der Waals surface area contributed by atoms with Gasteiger partial charge in [-0.25, -0.2) is 9.97 Å². The number of hydrogen-bond acceptors (Lipinski definition) is 3. The Labute approximate surface area is 123 Å². The predicted molar refractivity (Wildman–Crippen MR) is 82.8 cm³/mol. The van der Waals surface area contributed by atoms with E-state index in [1.165, 1.54) is 22.3 Å². The summed E-state index contributed by atoms with van der Waals surface area (Å²) in [6.07, 6.45) is 8.28. The first kappa shape index (κ1) is 12.1. The van der Waals surface area contributed by atoms with Gasteiger partial charge in [-0.05, 0) is 29.5 Å². The number of aromatic nitrogens is 3. The number of hydrogen-bond donors (Lipinski definition) is 1. The summed E-state index contributed by atoms with van der Waals surface area (Å²) in [5, 5.41) is 0. The van der Waals surface area contributed by atoms with Gasteiger partial charge in [-0.1, -0.05) is 30.3 Å². The van der Waals surface area contributed by atoms with Crippen molar-refractivity contribution in [3.05, 3.63) is 65.6 Å². The molecule has 0 saturated carbocycles. The van der Waals surface area contributed by atoms with E-state index in [0.29, 0.717) is 5.95 Å². The summed E-state index contributed by atoms with van der Waals surface area (Å²) in [7, 11) is 0. The van der Waals surface area contributed by atoms with Gasteiger partial charge >= 0.3 is 0 Å². The monoisotopic (exact) mass is 276 g/mol. The highest BCUT2D eigenvalue weighted by molar-refractivity contribution is 5.69. The molecule has 0 unspecified atom stereocenters. The first-order valence-corrected chi connectivity index (χ1v) is 7.14. The van der Waals surface area contributed by atoms with Crippen molar-refractivity contribution in [1.82, 2.24) is 14.5 Å². The lowest BCUT2D eigenvalue weighted by atomic mass is 9.93. The molecule has 2 N–H and O–H groups in total. The van der Waals surface area contributed by atoms with Crippen LogP contribution in [0.25, 0.3) is 11.3 Å². The molecule has 0 amide bonds. The topological polar surface area (TPSA) is 56.7 Å². The van der Waals surface area contributed by atoms with E-state index in [9.17, 15) is 0 Å². The summed E-state index contributed by atoms with van der Waals surface area (Å²) >= 11 is 0. The average molecular weight is 276 g/mol. The van der Waals surface area contributed by atoms with Crippen molar-refractivity contribution >= 4 is 5.95 Å². The van der Waals surface area contributed by atoms with Crippen LogP contribution in [0.1, 0.15) is 16.7 Å². The number of benzene rings is 1. The second-order valence-electron chi connectivity index (χ2n) is 5.46. The third-order valence-corrected chi connectivity index (χ3v) is 3.97. The fourth-order valence-electron chi connectivity index (χ4n) is 2.96. The molecule has 0 fully saturated rings. The molecule has 4 heteroatoms. The van der Waals surface area contributed by atoms with Gasteiger partial charge < -0.3 is 10.3 Å². The third kappa shape index (κ3) is 2.18. The molecule has 3 aromatic rings. The van der Waals surface area contributed by atoms with Crippen molar-refractivity contribution in [2.45, 2.75) is 19.4 Å². The first-order valence-electron chi connectivity index (χ1n) is 7.14. The van der Waals surface area contributed by atoms with Crippen molar-refractivity contribution in [3.8, 4) is 11.3 Å². The Morgan fingerprint density at radius 3 is 2.71 bits per heavy atom. The smallest absolute Gasteiger partial charge is 0.220 e. The van der Waals surface area contributed by atoms with E-state index in [-0.39, 0.29) is 0 Å². The molecule has 4 nitrogen and oxygen atoms in total. The van der Waals surface area contributed by atoms with Crippen molar-refractivity contribution in [2.75, 3.05) is 5.73 Å². The molecule has 2 heterocycles. The first-order chi connectivity index (χ1) is 10.3. The molecule has 1 aromatic carbocycles. The zero-order chi connectivity index (χ0) is 14.2. The van der Waals surface area contributed by atoms with E-state index in [1.54, 1.807) is 0 Å². The molecule has 0 saturated heterocycles. The third-order valence-electron chi connectivity index (χ3n) is 3.97. The molecule has 104 valence electrons. The van der Waals surface area contributed by atoms with Gasteiger partial charge in [0.05, 0.1) is 5.69 Å². The number of aryl methyl sites for hydroxylation is 2. The fourth-order valence-corrected chi connectivity index (χ4v) is 2.96. The second kappa shape index (κ2) is 4.74.